The highest BCUT2D eigenvalue weighted by Gasteiger charge is 2.24. The Labute approximate surface area is 114 Å². The number of hydrogen-bond acceptors (Lipinski definition) is 5. The summed E-state index contributed by atoms with van der Waals surface area (Å²) in [6.07, 6.45) is 0. The molecular formula is C12H15F2N3O3. The third-order valence-electron chi connectivity index (χ3n) is 3.34. The standard InChI is InChI=1S/C12H15F2N3O3/c13-9-8-12(17(19)20)10(14)7-11(9)16-3-1-15(2-4-16)5-6-18/h7-8,18H,1-6H2. The minimum atomic E-state index is -1.04. The number of nitro benzene ring substituents is 1. The molecule has 1 aliphatic heterocycles. The average Bonchev–Trinajstić information content (AvgIpc) is 2.42. The molecule has 1 aromatic rings. The average molecular weight is 287 g/mol. The van der Waals surface area contributed by atoms with Crippen LogP contribution in [0.1, 0.15) is 0 Å². The fourth-order valence-electron chi connectivity index (χ4n) is 2.26. The monoisotopic (exact) mass is 287 g/mol. The number of β-amino-alcohol motifs (C(OH)–C–C–N with tert-alkyl or cyclic N) is 1. The first-order chi connectivity index (χ1) is 9.52. The molecule has 1 fully saturated rings. The first kappa shape index (κ1) is 14.6. The maximum absolute atomic E-state index is 13.9. The molecule has 1 aliphatic rings. The van der Waals surface area contributed by atoms with E-state index in [0.717, 1.165) is 6.07 Å². The van der Waals surface area contributed by atoms with Gasteiger partial charge < -0.3 is 10.0 Å². The SMILES string of the molecule is O=[N+]([O-])c1cc(F)c(N2CCN(CCO)CC2)cc1F. The Hall–Kier alpha value is -1.80. The minimum Gasteiger partial charge on any atom is -0.395 e. The van der Waals surface area contributed by atoms with E-state index < -0.39 is 22.2 Å². The van der Waals surface area contributed by atoms with Crippen LogP contribution in [-0.2, 0) is 0 Å². The lowest BCUT2D eigenvalue weighted by atomic mass is 10.2. The van der Waals surface area contributed by atoms with Gasteiger partial charge >= 0.3 is 5.69 Å². The van der Waals surface area contributed by atoms with Crippen molar-refractivity contribution in [3.8, 4) is 0 Å². The summed E-state index contributed by atoms with van der Waals surface area (Å²) in [6, 6.07) is 1.49. The van der Waals surface area contributed by atoms with Crippen molar-refractivity contribution in [3.63, 3.8) is 0 Å². The van der Waals surface area contributed by atoms with E-state index in [2.05, 4.69) is 0 Å². The van der Waals surface area contributed by atoms with Gasteiger partial charge in [0, 0.05) is 38.8 Å². The zero-order valence-corrected chi connectivity index (χ0v) is 10.8. The van der Waals surface area contributed by atoms with Crippen LogP contribution in [0.2, 0.25) is 0 Å². The molecule has 0 atom stereocenters. The van der Waals surface area contributed by atoms with Gasteiger partial charge in [0.1, 0.15) is 0 Å². The molecule has 1 aromatic carbocycles. The number of benzene rings is 1. The summed E-state index contributed by atoms with van der Waals surface area (Å²) in [4.78, 5) is 13.2. The van der Waals surface area contributed by atoms with Crippen molar-refractivity contribution in [1.29, 1.82) is 0 Å². The quantitative estimate of drug-likeness (QED) is 0.660. The number of rotatable bonds is 4. The molecule has 20 heavy (non-hydrogen) atoms. The topological polar surface area (TPSA) is 69.9 Å². The van der Waals surface area contributed by atoms with Gasteiger partial charge in [0.25, 0.3) is 0 Å². The second-order valence-corrected chi connectivity index (χ2v) is 4.56. The summed E-state index contributed by atoms with van der Waals surface area (Å²) in [5.74, 6) is -1.84. The number of aliphatic hydroxyl groups is 1. The summed E-state index contributed by atoms with van der Waals surface area (Å²) in [5, 5.41) is 19.4. The number of piperazine rings is 1. The Morgan fingerprint density at radius 3 is 2.40 bits per heavy atom. The molecule has 0 radical (unpaired) electrons. The molecule has 110 valence electrons. The number of halogens is 2. The fraction of sp³-hybridized carbons (Fsp3) is 0.500. The van der Waals surface area contributed by atoms with Gasteiger partial charge in [-0.15, -0.1) is 0 Å². The van der Waals surface area contributed by atoms with E-state index in [1.165, 1.54) is 0 Å². The van der Waals surface area contributed by atoms with Crippen LogP contribution < -0.4 is 4.90 Å². The third-order valence-corrected chi connectivity index (χ3v) is 3.34. The lowest BCUT2D eigenvalue weighted by molar-refractivity contribution is -0.387. The molecule has 8 heteroatoms. The maximum Gasteiger partial charge on any atom is 0.307 e. The van der Waals surface area contributed by atoms with Crippen LogP contribution in [0.4, 0.5) is 20.2 Å². The van der Waals surface area contributed by atoms with Crippen molar-refractivity contribution >= 4 is 11.4 Å². The van der Waals surface area contributed by atoms with Crippen LogP contribution >= 0.6 is 0 Å². The first-order valence-electron chi connectivity index (χ1n) is 6.24. The van der Waals surface area contributed by atoms with Gasteiger partial charge in [-0.1, -0.05) is 0 Å². The van der Waals surface area contributed by atoms with Crippen LogP contribution in [0, 0.1) is 21.7 Å². The van der Waals surface area contributed by atoms with Gasteiger partial charge in [0.2, 0.25) is 5.82 Å². The maximum atomic E-state index is 13.9. The number of nitro groups is 1. The van der Waals surface area contributed by atoms with Crippen LogP contribution in [0.3, 0.4) is 0 Å². The molecular weight excluding hydrogens is 272 g/mol. The van der Waals surface area contributed by atoms with Crippen LogP contribution in [0.25, 0.3) is 0 Å². The molecule has 0 bridgehead atoms. The summed E-state index contributed by atoms with van der Waals surface area (Å²) in [7, 11) is 0. The zero-order valence-electron chi connectivity index (χ0n) is 10.8. The van der Waals surface area contributed by atoms with Crippen molar-refractivity contribution in [3.05, 3.63) is 33.9 Å². The van der Waals surface area contributed by atoms with E-state index in [-0.39, 0.29) is 12.3 Å². The molecule has 0 aliphatic carbocycles. The number of hydrogen-bond donors (Lipinski definition) is 1. The Kier molecular flexibility index (Phi) is 4.46. The lowest BCUT2D eigenvalue weighted by Gasteiger charge is -2.35. The zero-order chi connectivity index (χ0) is 14.7. The lowest BCUT2D eigenvalue weighted by Crippen LogP contribution is -2.47. The van der Waals surface area contributed by atoms with Gasteiger partial charge in [-0.05, 0) is 0 Å². The second-order valence-electron chi connectivity index (χ2n) is 4.56. The van der Waals surface area contributed by atoms with Crippen molar-refractivity contribution in [2.24, 2.45) is 0 Å². The van der Waals surface area contributed by atoms with E-state index in [1.807, 2.05) is 4.90 Å². The summed E-state index contributed by atoms with van der Waals surface area (Å²) < 4.78 is 27.4. The predicted octanol–water partition coefficient (Wildman–Crippen LogP) is 0.987. The van der Waals surface area contributed by atoms with Crippen LogP contribution in [0.15, 0.2) is 12.1 Å². The third kappa shape index (κ3) is 3.02. The van der Waals surface area contributed by atoms with Gasteiger partial charge in [-0.3, -0.25) is 15.0 Å². The van der Waals surface area contributed by atoms with E-state index in [4.69, 9.17) is 5.11 Å². The van der Waals surface area contributed by atoms with Crippen molar-refractivity contribution < 1.29 is 18.8 Å². The van der Waals surface area contributed by atoms with E-state index in [0.29, 0.717) is 38.8 Å². The highest BCUT2D eigenvalue weighted by Crippen LogP contribution is 2.28. The molecule has 0 saturated carbocycles. The molecule has 0 spiro atoms. The molecule has 6 nitrogen and oxygen atoms in total. The highest BCUT2D eigenvalue weighted by molar-refractivity contribution is 5.53. The predicted molar refractivity (Wildman–Crippen MR) is 68.8 cm³/mol. The molecule has 0 amide bonds. The summed E-state index contributed by atoms with van der Waals surface area (Å²) in [6.45, 7) is 2.81. The van der Waals surface area contributed by atoms with Gasteiger partial charge in [0.15, 0.2) is 5.82 Å². The molecule has 1 N–H and O–H groups in total. The number of nitrogens with zero attached hydrogens (tertiary/aromatic N) is 3. The first-order valence-corrected chi connectivity index (χ1v) is 6.24. The largest absolute Gasteiger partial charge is 0.395 e. The molecule has 1 saturated heterocycles. The number of anilines is 1. The number of aliphatic hydroxyl groups excluding tert-OH is 1. The highest BCUT2D eigenvalue weighted by atomic mass is 19.1. The smallest absolute Gasteiger partial charge is 0.307 e. The van der Waals surface area contributed by atoms with Gasteiger partial charge in [-0.2, -0.15) is 4.39 Å². The van der Waals surface area contributed by atoms with Crippen molar-refractivity contribution in [2.75, 3.05) is 44.2 Å². The Balaban J connectivity index is 2.14. The Morgan fingerprint density at radius 1 is 1.20 bits per heavy atom. The molecule has 2 rings (SSSR count). The Bertz CT molecular complexity index is 505. The van der Waals surface area contributed by atoms with Gasteiger partial charge in [0.05, 0.1) is 23.3 Å². The molecule has 0 aromatic heterocycles. The molecule has 1 heterocycles. The summed E-state index contributed by atoms with van der Waals surface area (Å²) in [5.41, 5.74) is -0.818. The second kappa shape index (κ2) is 6.10. The van der Waals surface area contributed by atoms with E-state index >= 15 is 0 Å². The minimum absolute atomic E-state index is 0.0387. The van der Waals surface area contributed by atoms with Crippen LogP contribution in [0.5, 0.6) is 0 Å². The van der Waals surface area contributed by atoms with Crippen molar-refractivity contribution in [2.45, 2.75) is 0 Å². The normalized spacial score (nSPS) is 16.4. The van der Waals surface area contributed by atoms with Crippen LogP contribution in [-0.4, -0.2) is 54.3 Å². The van der Waals surface area contributed by atoms with E-state index in [9.17, 15) is 18.9 Å². The van der Waals surface area contributed by atoms with Gasteiger partial charge in [-0.25, -0.2) is 4.39 Å². The van der Waals surface area contributed by atoms with E-state index in [1.54, 1.807) is 4.90 Å². The molecule has 0 unspecified atom stereocenters. The fourth-order valence-corrected chi connectivity index (χ4v) is 2.26. The Morgan fingerprint density at radius 2 is 1.85 bits per heavy atom. The summed E-state index contributed by atoms with van der Waals surface area (Å²) >= 11 is 0. The van der Waals surface area contributed by atoms with Crippen molar-refractivity contribution in [1.82, 2.24) is 4.90 Å².